The van der Waals surface area contributed by atoms with Gasteiger partial charge in [0.05, 0.1) is 4.47 Å². The Labute approximate surface area is 126 Å². The first-order valence-electron chi connectivity index (χ1n) is 6.79. The molecule has 0 aromatic carbocycles. The summed E-state index contributed by atoms with van der Waals surface area (Å²) in [5.41, 5.74) is 2.02. The summed E-state index contributed by atoms with van der Waals surface area (Å²) in [6, 6.07) is 1.91. The Balaban J connectivity index is 1.98. The summed E-state index contributed by atoms with van der Waals surface area (Å²) >= 11 is 3.38. The number of nitrogens with one attached hydrogen (secondary N) is 1. The Kier molecular flexibility index (Phi) is 3.44. The van der Waals surface area contributed by atoms with Crippen LogP contribution < -0.4 is 10.9 Å². The van der Waals surface area contributed by atoms with Crippen LogP contribution in [0.4, 0.5) is 0 Å². The average molecular weight is 337 g/mol. The lowest BCUT2D eigenvalue weighted by Crippen LogP contribution is -2.53. The van der Waals surface area contributed by atoms with E-state index in [1.807, 2.05) is 17.6 Å². The van der Waals surface area contributed by atoms with Crippen LogP contribution in [0.15, 0.2) is 15.3 Å². The minimum absolute atomic E-state index is 0.0502. The largest absolute Gasteiger partial charge is 0.299 e. The highest BCUT2D eigenvalue weighted by Crippen LogP contribution is 2.33. The average Bonchev–Trinajstić information content (AvgIpc) is 2.79. The van der Waals surface area contributed by atoms with Crippen molar-refractivity contribution in [1.29, 1.82) is 0 Å². The molecule has 20 heavy (non-hydrogen) atoms. The molecule has 2 aliphatic rings. The van der Waals surface area contributed by atoms with Crippen molar-refractivity contribution in [2.24, 2.45) is 0 Å². The van der Waals surface area contributed by atoms with E-state index in [0.29, 0.717) is 11.1 Å². The number of rotatable bonds is 1. The third-order valence-electron chi connectivity index (χ3n) is 4.44. The second kappa shape index (κ2) is 4.99. The maximum absolute atomic E-state index is 12.5. The van der Waals surface area contributed by atoms with Crippen LogP contribution in [0.5, 0.6) is 0 Å². The van der Waals surface area contributed by atoms with E-state index in [9.17, 15) is 4.79 Å². The van der Waals surface area contributed by atoms with Crippen LogP contribution in [0.2, 0.25) is 0 Å². The first-order chi connectivity index (χ1) is 9.57. The van der Waals surface area contributed by atoms with Crippen molar-refractivity contribution in [1.82, 2.24) is 14.8 Å². The molecule has 0 saturated carbocycles. The normalized spacial score (nSPS) is 20.9. The minimum atomic E-state index is -0.264. The standard InChI is InChI=1S/C14H17BrN4O/c1-10-7-11(15)13(20)19-12(10)8-17-14(19)3-5-18(6-4-14)9-16-2/h7,17H,3-6,8-9H2,1H3. The fraction of sp³-hybridized carbons (Fsp3) is 0.571. The van der Waals surface area contributed by atoms with Gasteiger partial charge in [0.2, 0.25) is 0 Å². The summed E-state index contributed by atoms with van der Waals surface area (Å²) in [5.74, 6) is 0. The summed E-state index contributed by atoms with van der Waals surface area (Å²) < 4.78 is 2.58. The lowest BCUT2D eigenvalue weighted by molar-refractivity contribution is 0.100. The molecule has 1 spiro atoms. The van der Waals surface area contributed by atoms with Gasteiger partial charge in [-0.15, -0.1) is 0 Å². The highest BCUT2D eigenvalue weighted by atomic mass is 79.9. The Morgan fingerprint density at radius 3 is 2.85 bits per heavy atom. The molecule has 3 rings (SSSR count). The van der Waals surface area contributed by atoms with Crippen molar-refractivity contribution in [2.75, 3.05) is 19.8 Å². The van der Waals surface area contributed by atoms with E-state index in [0.717, 1.165) is 43.7 Å². The van der Waals surface area contributed by atoms with Gasteiger partial charge >= 0.3 is 0 Å². The number of pyridine rings is 1. The van der Waals surface area contributed by atoms with Gasteiger partial charge < -0.3 is 0 Å². The fourth-order valence-electron chi connectivity index (χ4n) is 3.30. The molecule has 0 atom stereocenters. The molecule has 0 bridgehead atoms. The topological polar surface area (TPSA) is 41.6 Å². The zero-order valence-electron chi connectivity index (χ0n) is 11.4. The molecule has 1 fully saturated rings. The zero-order valence-corrected chi connectivity index (χ0v) is 13.0. The number of likely N-dealkylation sites (tertiary alicyclic amines) is 1. The Morgan fingerprint density at radius 1 is 1.50 bits per heavy atom. The summed E-state index contributed by atoms with van der Waals surface area (Å²) in [7, 11) is 0. The van der Waals surface area contributed by atoms with Crippen LogP contribution >= 0.6 is 15.9 Å². The maximum atomic E-state index is 12.5. The van der Waals surface area contributed by atoms with Crippen LogP contribution in [0.3, 0.4) is 0 Å². The number of piperidine rings is 1. The van der Waals surface area contributed by atoms with Gasteiger partial charge in [-0.05, 0) is 47.3 Å². The number of hydrogen-bond donors (Lipinski definition) is 1. The second-order valence-electron chi connectivity index (χ2n) is 5.57. The molecule has 0 radical (unpaired) electrons. The third-order valence-corrected chi connectivity index (χ3v) is 5.01. The highest BCUT2D eigenvalue weighted by Gasteiger charge is 2.42. The quantitative estimate of drug-likeness (QED) is 0.793. The molecule has 0 unspecified atom stereocenters. The molecule has 0 amide bonds. The van der Waals surface area contributed by atoms with Gasteiger partial charge in [-0.25, -0.2) is 11.5 Å². The molecule has 1 N–H and O–H groups in total. The van der Waals surface area contributed by atoms with E-state index in [1.54, 1.807) is 0 Å². The number of halogens is 1. The molecule has 1 aromatic heterocycles. The van der Waals surface area contributed by atoms with Crippen molar-refractivity contribution in [3.05, 3.63) is 43.6 Å². The minimum Gasteiger partial charge on any atom is -0.299 e. The van der Waals surface area contributed by atoms with Crippen LogP contribution in [0.25, 0.3) is 4.85 Å². The molecule has 2 aliphatic heterocycles. The molecule has 6 heteroatoms. The van der Waals surface area contributed by atoms with Crippen LogP contribution in [0, 0.1) is 13.5 Å². The van der Waals surface area contributed by atoms with Crippen molar-refractivity contribution in [3.63, 3.8) is 0 Å². The predicted molar refractivity (Wildman–Crippen MR) is 80.2 cm³/mol. The van der Waals surface area contributed by atoms with E-state index in [4.69, 9.17) is 6.57 Å². The Bertz CT molecular complexity index is 638. The van der Waals surface area contributed by atoms with Crippen LogP contribution in [-0.4, -0.2) is 29.2 Å². The predicted octanol–water partition coefficient (Wildman–Crippen LogP) is 1.65. The number of hydrogen-bond acceptors (Lipinski definition) is 3. The molecule has 5 nitrogen and oxygen atoms in total. The van der Waals surface area contributed by atoms with Crippen LogP contribution in [0.1, 0.15) is 24.1 Å². The third kappa shape index (κ3) is 2.01. The van der Waals surface area contributed by atoms with E-state index in [2.05, 4.69) is 31.0 Å². The molecule has 3 heterocycles. The summed E-state index contributed by atoms with van der Waals surface area (Å²) in [6.07, 6.45) is 1.73. The highest BCUT2D eigenvalue weighted by molar-refractivity contribution is 9.10. The Morgan fingerprint density at radius 2 is 2.20 bits per heavy atom. The van der Waals surface area contributed by atoms with Gasteiger partial charge in [0, 0.05) is 25.3 Å². The molecular formula is C14H17BrN4O. The van der Waals surface area contributed by atoms with E-state index < -0.39 is 0 Å². The monoisotopic (exact) mass is 336 g/mol. The second-order valence-corrected chi connectivity index (χ2v) is 6.42. The maximum Gasteiger partial charge on any atom is 0.270 e. The SMILES string of the molecule is [C-]#[N+]CN1CCC2(CC1)NCc1c(C)cc(Br)c(=O)n12. The van der Waals surface area contributed by atoms with E-state index >= 15 is 0 Å². The first kappa shape index (κ1) is 13.8. The van der Waals surface area contributed by atoms with Gasteiger partial charge in [0.25, 0.3) is 12.2 Å². The van der Waals surface area contributed by atoms with E-state index in [1.165, 1.54) is 0 Å². The summed E-state index contributed by atoms with van der Waals surface area (Å²) in [5, 5.41) is 3.55. The van der Waals surface area contributed by atoms with Gasteiger partial charge in [0.15, 0.2) is 0 Å². The summed E-state index contributed by atoms with van der Waals surface area (Å²) in [4.78, 5) is 18.1. The smallest absolute Gasteiger partial charge is 0.270 e. The van der Waals surface area contributed by atoms with Crippen molar-refractivity contribution >= 4 is 15.9 Å². The molecule has 1 aromatic rings. The first-order valence-corrected chi connectivity index (χ1v) is 7.59. The lowest BCUT2D eigenvalue weighted by Gasteiger charge is -2.39. The summed E-state index contributed by atoms with van der Waals surface area (Å²) in [6.45, 7) is 11.9. The molecule has 106 valence electrons. The van der Waals surface area contributed by atoms with Crippen LogP contribution in [-0.2, 0) is 12.2 Å². The van der Waals surface area contributed by atoms with Gasteiger partial charge in [0.1, 0.15) is 5.66 Å². The zero-order chi connectivity index (χ0) is 14.3. The fourth-order valence-corrected chi connectivity index (χ4v) is 3.82. The number of aromatic nitrogens is 1. The number of nitrogens with zero attached hydrogens (tertiary/aromatic N) is 3. The van der Waals surface area contributed by atoms with Crippen molar-refractivity contribution in [2.45, 2.75) is 32.0 Å². The van der Waals surface area contributed by atoms with Crippen molar-refractivity contribution in [3.8, 4) is 0 Å². The molecule has 0 aliphatic carbocycles. The van der Waals surface area contributed by atoms with Gasteiger partial charge in [-0.2, -0.15) is 0 Å². The Hall–Kier alpha value is -1.16. The lowest BCUT2D eigenvalue weighted by atomic mass is 9.97. The number of fused-ring (bicyclic) bond motifs is 2. The van der Waals surface area contributed by atoms with Crippen molar-refractivity contribution < 1.29 is 0 Å². The van der Waals surface area contributed by atoms with Gasteiger partial charge in [-0.3, -0.25) is 19.5 Å². The van der Waals surface area contributed by atoms with E-state index in [-0.39, 0.29) is 11.2 Å². The molecule has 1 saturated heterocycles. The number of aryl methyl sites for hydroxylation is 1. The molecular weight excluding hydrogens is 320 g/mol. The van der Waals surface area contributed by atoms with Gasteiger partial charge in [-0.1, -0.05) is 0 Å².